The number of fused-ring (bicyclic) bond motifs is 1. The van der Waals surface area contributed by atoms with Gasteiger partial charge in [0, 0.05) is 6.42 Å². The summed E-state index contributed by atoms with van der Waals surface area (Å²) in [6, 6.07) is 3.28. The molecule has 20 heavy (non-hydrogen) atoms. The Hall–Kier alpha value is -2.28. The number of carbonyl (C=O) groups is 2. The third-order valence-electron chi connectivity index (χ3n) is 2.43. The van der Waals surface area contributed by atoms with E-state index in [-0.39, 0.29) is 0 Å². The van der Waals surface area contributed by atoms with E-state index in [2.05, 4.69) is 5.10 Å². The molecule has 0 saturated carbocycles. The molecule has 1 aromatic carbocycles. The van der Waals surface area contributed by atoms with Crippen molar-refractivity contribution in [2.75, 3.05) is 13.2 Å². The summed E-state index contributed by atoms with van der Waals surface area (Å²) in [5.74, 6) is -1.11. The van der Waals surface area contributed by atoms with Crippen LogP contribution >= 0.6 is 11.6 Å². The Morgan fingerprint density at radius 1 is 1.35 bits per heavy atom. The van der Waals surface area contributed by atoms with Crippen LogP contribution in [0.2, 0.25) is 5.02 Å². The second kappa shape index (κ2) is 6.25. The second-order valence-corrected chi connectivity index (χ2v) is 4.35. The average Bonchev–Trinajstić information content (AvgIpc) is 2.64. The Kier molecular flexibility index (Phi) is 4.41. The van der Waals surface area contributed by atoms with Crippen molar-refractivity contribution in [1.82, 2.24) is 5.43 Å². The molecule has 1 aliphatic rings. The van der Waals surface area contributed by atoms with Crippen LogP contribution in [0, 0.1) is 0 Å². The summed E-state index contributed by atoms with van der Waals surface area (Å²) in [6.45, 7) is 1.07. The van der Waals surface area contributed by atoms with Gasteiger partial charge >= 0.3 is 11.8 Å². The molecule has 2 rings (SSSR count). The molecule has 1 aromatic rings. The lowest BCUT2D eigenvalue weighted by molar-refractivity contribution is -0.137. The van der Waals surface area contributed by atoms with Gasteiger partial charge in [0.2, 0.25) is 0 Å². The number of hydrazone groups is 1. The number of hydrogen-bond donors (Lipinski definition) is 2. The van der Waals surface area contributed by atoms with Gasteiger partial charge in [-0.1, -0.05) is 11.6 Å². The fraction of sp³-hybridized carbons (Fsp3) is 0.250. The standard InChI is InChI=1S/C12H12ClN3O4/c13-8-4-7(6-15-16-12(18)11(14)17)5-9-10(8)20-3-1-2-19-9/h4-6H,1-3H2,(H2,14,17)(H,16,18)/b15-6-. The molecule has 8 heteroatoms. The zero-order valence-corrected chi connectivity index (χ0v) is 11.1. The minimum atomic E-state index is -1.11. The molecule has 2 amide bonds. The zero-order valence-electron chi connectivity index (χ0n) is 10.4. The van der Waals surface area contributed by atoms with Crippen LogP contribution in [0.4, 0.5) is 0 Å². The highest BCUT2D eigenvalue weighted by Crippen LogP contribution is 2.37. The minimum absolute atomic E-state index is 0.382. The molecular weight excluding hydrogens is 286 g/mol. The SMILES string of the molecule is NC(=O)C(=O)N/N=C\c1cc(Cl)c2c(c1)OCCCO2. The monoisotopic (exact) mass is 297 g/mol. The second-order valence-electron chi connectivity index (χ2n) is 3.94. The lowest BCUT2D eigenvalue weighted by atomic mass is 10.2. The first-order valence-electron chi connectivity index (χ1n) is 5.80. The first kappa shape index (κ1) is 14.1. The highest BCUT2D eigenvalue weighted by atomic mass is 35.5. The maximum absolute atomic E-state index is 10.9. The summed E-state index contributed by atoms with van der Waals surface area (Å²) in [5, 5.41) is 3.98. The number of ether oxygens (including phenoxy) is 2. The van der Waals surface area contributed by atoms with E-state index in [1.807, 2.05) is 5.43 Å². The fourth-order valence-corrected chi connectivity index (χ4v) is 1.82. The average molecular weight is 298 g/mol. The molecule has 0 unspecified atom stereocenters. The lowest BCUT2D eigenvalue weighted by Gasteiger charge is -2.09. The van der Waals surface area contributed by atoms with E-state index >= 15 is 0 Å². The van der Waals surface area contributed by atoms with Gasteiger partial charge in [-0.25, -0.2) is 5.43 Å². The highest BCUT2D eigenvalue weighted by Gasteiger charge is 2.15. The molecule has 0 radical (unpaired) electrons. The summed E-state index contributed by atoms with van der Waals surface area (Å²) in [4.78, 5) is 21.4. The number of rotatable bonds is 2. The van der Waals surface area contributed by atoms with E-state index in [1.165, 1.54) is 6.21 Å². The largest absolute Gasteiger partial charge is 0.489 e. The van der Waals surface area contributed by atoms with Gasteiger partial charge in [-0.2, -0.15) is 5.10 Å². The molecule has 1 heterocycles. The predicted molar refractivity (Wildman–Crippen MR) is 72.0 cm³/mol. The fourth-order valence-electron chi connectivity index (χ4n) is 1.55. The first-order valence-corrected chi connectivity index (χ1v) is 6.17. The molecule has 0 fully saturated rings. The van der Waals surface area contributed by atoms with Crippen molar-refractivity contribution in [2.24, 2.45) is 10.8 Å². The van der Waals surface area contributed by atoms with E-state index < -0.39 is 11.8 Å². The minimum Gasteiger partial charge on any atom is -0.489 e. The molecule has 0 atom stereocenters. The molecular formula is C12H12ClN3O4. The lowest BCUT2D eigenvalue weighted by Crippen LogP contribution is -2.32. The number of carbonyl (C=O) groups excluding carboxylic acids is 2. The maximum atomic E-state index is 10.9. The Bertz CT molecular complexity index is 574. The molecule has 0 saturated heterocycles. The third kappa shape index (κ3) is 3.39. The van der Waals surface area contributed by atoms with Crippen LogP contribution in [0.3, 0.4) is 0 Å². The Labute approximate surface area is 119 Å². The molecule has 0 aliphatic carbocycles. The van der Waals surface area contributed by atoms with Crippen molar-refractivity contribution in [3.8, 4) is 11.5 Å². The van der Waals surface area contributed by atoms with Crippen molar-refractivity contribution >= 4 is 29.6 Å². The summed E-state index contributed by atoms with van der Waals surface area (Å²) >= 11 is 6.08. The number of primary amides is 1. The Balaban J connectivity index is 2.15. The first-order chi connectivity index (χ1) is 9.58. The molecule has 1 aliphatic heterocycles. The van der Waals surface area contributed by atoms with Crippen molar-refractivity contribution in [3.63, 3.8) is 0 Å². The number of benzene rings is 1. The van der Waals surface area contributed by atoms with Crippen LogP contribution in [-0.4, -0.2) is 31.2 Å². The van der Waals surface area contributed by atoms with Crippen molar-refractivity contribution in [1.29, 1.82) is 0 Å². The van der Waals surface area contributed by atoms with E-state index in [4.69, 9.17) is 26.8 Å². The van der Waals surface area contributed by atoms with Crippen molar-refractivity contribution in [2.45, 2.75) is 6.42 Å². The topological polar surface area (TPSA) is 103 Å². The quantitative estimate of drug-likeness (QED) is 0.469. The molecule has 106 valence electrons. The van der Waals surface area contributed by atoms with Crippen LogP contribution in [0.5, 0.6) is 11.5 Å². The van der Waals surface area contributed by atoms with Crippen LogP contribution in [-0.2, 0) is 9.59 Å². The van der Waals surface area contributed by atoms with Gasteiger partial charge < -0.3 is 15.2 Å². The summed E-state index contributed by atoms with van der Waals surface area (Å²) in [5.41, 5.74) is 7.34. The van der Waals surface area contributed by atoms with Crippen molar-refractivity contribution < 1.29 is 19.1 Å². The predicted octanol–water partition coefficient (Wildman–Crippen LogP) is 0.437. The van der Waals surface area contributed by atoms with Gasteiger partial charge in [0.05, 0.1) is 24.5 Å². The van der Waals surface area contributed by atoms with E-state index in [1.54, 1.807) is 12.1 Å². The van der Waals surface area contributed by atoms with E-state index in [0.717, 1.165) is 6.42 Å². The van der Waals surface area contributed by atoms with Gasteiger partial charge in [0.1, 0.15) is 0 Å². The number of amides is 2. The van der Waals surface area contributed by atoms with Crippen LogP contribution in [0.25, 0.3) is 0 Å². The van der Waals surface area contributed by atoms with Crippen LogP contribution < -0.4 is 20.6 Å². The molecule has 0 bridgehead atoms. The van der Waals surface area contributed by atoms with Gasteiger partial charge in [-0.3, -0.25) is 9.59 Å². The highest BCUT2D eigenvalue weighted by molar-refractivity contribution is 6.34. The molecule has 0 aromatic heterocycles. The van der Waals surface area contributed by atoms with Gasteiger partial charge in [0.15, 0.2) is 11.5 Å². The van der Waals surface area contributed by atoms with Crippen LogP contribution in [0.1, 0.15) is 12.0 Å². The normalized spacial score (nSPS) is 13.8. The van der Waals surface area contributed by atoms with Gasteiger partial charge in [0.25, 0.3) is 0 Å². The smallest absolute Gasteiger partial charge is 0.329 e. The van der Waals surface area contributed by atoms with Crippen molar-refractivity contribution in [3.05, 3.63) is 22.7 Å². The molecule has 7 nitrogen and oxygen atoms in total. The summed E-state index contributed by atoms with van der Waals surface area (Å²) in [7, 11) is 0. The van der Waals surface area contributed by atoms with E-state index in [0.29, 0.717) is 35.3 Å². The summed E-state index contributed by atoms with van der Waals surface area (Å²) in [6.07, 6.45) is 2.09. The van der Waals surface area contributed by atoms with Gasteiger partial charge in [-0.05, 0) is 17.7 Å². The molecule has 3 N–H and O–H groups in total. The number of halogens is 1. The van der Waals surface area contributed by atoms with Crippen LogP contribution in [0.15, 0.2) is 17.2 Å². The Morgan fingerprint density at radius 3 is 2.85 bits per heavy atom. The maximum Gasteiger partial charge on any atom is 0.329 e. The number of hydrogen-bond acceptors (Lipinski definition) is 5. The zero-order chi connectivity index (χ0) is 14.5. The van der Waals surface area contributed by atoms with E-state index in [9.17, 15) is 9.59 Å². The number of nitrogens with two attached hydrogens (primary N) is 1. The number of nitrogens with one attached hydrogen (secondary N) is 1. The van der Waals surface area contributed by atoms with Gasteiger partial charge in [-0.15, -0.1) is 0 Å². The molecule has 0 spiro atoms. The summed E-state index contributed by atoms with van der Waals surface area (Å²) < 4.78 is 11.0. The Morgan fingerprint density at radius 2 is 2.10 bits per heavy atom. The third-order valence-corrected chi connectivity index (χ3v) is 2.71. The number of nitrogens with zero attached hydrogens (tertiary/aromatic N) is 1.